The van der Waals surface area contributed by atoms with Crippen molar-refractivity contribution >= 4 is 11.6 Å². The molecule has 0 aliphatic carbocycles. The van der Waals surface area contributed by atoms with Crippen LogP contribution in [0.2, 0.25) is 0 Å². The van der Waals surface area contributed by atoms with Gasteiger partial charge in [-0.3, -0.25) is 4.79 Å². The van der Waals surface area contributed by atoms with E-state index < -0.39 is 0 Å². The summed E-state index contributed by atoms with van der Waals surface area (Å²) in [5.74, 6) is 0.972. The number of hydrogen-bond donors (Lipinski definition) is 1. The highest BCUT2D eigenvalue weighted by atomic mass is 16.5. The molecule has 5 nitrogen and oxygen atoms in total. The monoisotopic (exact) mass is 314 g/mol. The molecule has 2 aromatic carbocycles. The summed E-state index contributed by atoms with van der Waals surface area (Å²) in [4.78, 5) is 14.4. The number of carbonyl (C=O) groups excluding carboxylic acids is 1. The molecule has 23 heavy (non-hydrogen) atoms. The lowest BCUT2D eigenvalue weighted by Gasteiger charge is -2.19. The van der Waals surface area contributed by atoms with E-state index in [0.29, 0.717) is 30.2 Å². The zero-order chi connectivity index (χ0) is 16.7. The largest absolute Gasteiger partial charge is 0.497 e. The summed E-state index contributed by atoms with van der Waals surface area (Å²) in [6.45, 7) is 1.24. The van der Waals surface area contributed by atoms with Crippen LogP contribution in [-0.2, 0) is 0 Å². The van der Waals surface area contributed by atoms with Gasteiger partial charge in [0.2, 0.25) is 0 Å². The molecule has 5 heteroatoms. The van der Waals surface area contributed by atoms with E-state index >= 15 is 0 Å². The number of methoxy groups -OCH3 is 2. The van der Waals surface area contributed by atoms with Crippen LogP contribution in [0.1, 0.15) is 10.4 Å². The number of rotatable bonds is 7. The van der Waals surface area contributed by atoms with Gasteiger partial charge in [0.15, 0.2) is 0 Å². The van der Waals surface area contributed by atoms with E-state index in [9.17, 15) is 4.79 Å². The molecule has 2 rings (SSSR count). The molecular formula is C18H22N2O3. The molecule has 0 radical (unpaired) electrons. The number of nitrogens with zero attached hydrogens (tertiary/aromatic N) is 1. The van der Waals surface area contributed by atoms with Crippen LogP contribution in [0.3, 0.4) is 0 Å². The predicted octanol–water partition coefficient (Wildman–Crippen LogP) is 2.57. The Kier molecular flexibility index (Phi) is 5.86. The first-order valence-corrected chi connectivity index (χ1v) is 7.42. The second-order valence-electron chi connectivity index (χ2n) is 5.08. The van der Waals surface area contributed by atoms with E-state index in [1.807, 2.05) is 37.4 Å². The average Bonchev–Trinajstić information content (AvgIpc) is 2.61. The van der Waals surface area contributed by atoms with Crippen LogP contribution in [0.4, 0.5) is 5.69 Å². The molecule has 0 unspecified atom stereocenters. The molecule has 1 N–H and O–H groups in total. The Morgan fingerprint density at radius 3 is 2.48 bits per heavy atom. The third kappa shape index (κ3) is 4.39. The Bertz CT molecular complexity index is 644. The topological polar surface area (TPSA) is 50.8 Å². The minimum absolute atomic E-state index is 0.179. The first-order chi connectivity index (χ1) is 11.2. The van der Waals surface area contributed by atoms with Crippen molar-refractivity contribution in [3.8, 4) is 11.5 Å². The van der Waals surface area contributed by atoms with Crippen LogP contribution in [0.5, 0.6) is 11.5 Å². The van der Waals surface area contributed by atoms with Crippen LogP contribution < -0.4 is 19.7 Å². The zero-order valence-corrected chi connectivity index (χ0v) is 13.7. The Morgan fingerprint density at radius 2 is 1.83 bits per heavy atom. The van der Waals surface area contributed by atoms with Gasteiger partial charge in [0.25, 0.3) is 5.91 Å². The molecule has 0 saturated carbocycles. The van der Waals surface area contributed by atoms with Crippen LogP contribution in [0, 0.1) is 0 Å². The van der Waals surface area contributed by atoms with Gasteiger partial charge in [0, 0.05) is 25.8 Å². The summed E-state index contributed by atoms with van der Waals surface area (Å²) < 4.78 is 10.4. The number of amides is 1. The van der Waals surface area contributed by atoms with Crippen molar-refractivity contribution in [2.24, 2.45) is 0 Å². The second kappa shape index (κ2) is 8.08. The molecule has 0 bridgehead atoms. The van der Waals surface area contributed by atoms with Gasteiger partial charge in [-0.05, 0) is 30.3 Å². The highest BCUT2D eigenvalue weighted by molar-refractivity contribution is 5.97. The van der Waals surface area contributed by atoms with E-state index in [2.05, 4.69) is 10.2 Å². The van der Waals surface area contributed by atoms with Gasteiger partial charge >= 0.3 is 0 Å². The van der Waals surface area contributed by atoms with Crippen molar-refractivity contribution in [3.63, 3.8) is 0 Å². The lowest BCUT2D eigenvalue weighted by atomic mass is 10.1. The molecule has 0 saturated heterocycles. The third-order valence-electron chi connectivity index (χ3n) is 3.58. The van der Waals surface area contributed by atoms with Crippen LogP contribution in [0.25, 0.3) is 0 Å². The molecule has 0 spiro atoms. The zero-order valence-electron chi connectivity index (χ0n) is 13.7. The lowest BCUT2D eigenvalue weighted by molar-refractivity contribution is 0.0951. The molecule has 1 amide bonds. The molecule has 2 aromatic rings. The van der Waals surface area contributed by atoms with Crippen molar-refractivity contribution in [3.05, 3.63) is 54.1 Å². The molecule has 0 aliphatic rings. The van der Waals surface area contributed by atoms with Gasteiger partial charge in [-0.1, -0.05) is 18.2 Å². The van der Waals surface area contributed by atoms with Crippen LogP contribution in [-0.4, -0.2) is 40.3 Å². The van der Waals surface area contributed by atoms with Crippen molar-refractivity contribution in [2.75, 3.05) is 39.3 Å². The second-order valence-corrected chi connectivity index (χ2v) is 5.08. The van der Waals surface area contributed by atoms with Gasteiger partial charge < -0.3 is 19.7 Å². The highest BCUT2D eigenvalue weighted by Gasteiger charge is 2.13. The van der Waals surface area contributed by atoms with Crippen LogP contribution >= 0.6 is 0 Å². The maximum atomic E-state index is 12.3. The molecule has 0 aliphatic heterocycles. The minimum Gasteiger partial charge on any atom is -0.497 e. The van der Waals surface area contributed by atoms with Gasteiger partial charge in [-0.2, -0.15) is 0 Å². The fourth-order valence-electron chi connectivity index (χ4n) is 2.24. The Hall–Kier alpha value is -2.69. The van der Waals surface area contributed by atoms with Crippen LogP contribution in [0.15, 0.2) is 48.5 Å². The fourth-order valence-corrected chi connectivity index (χ4v) is 2.24. The van der Waals surface area contributed by atoms with Crippen molar-refractivity contribution in [1.29, 1.82) is 0 Å². The molecule has 0 aromatic heterocycles. The first kappa shape index (κ1) is 16.7. The molecule has 0 fully saturated rings. The van der Waals surface area contributed by atoms with E-state index in [0.717, 1.165) is 5.69 Å². The van der Waals surface area contributed by atoms with E-state index in [1.54, 1.807) is 32.4 Å². The third-order valence-corrected chi connectivity index (χ3v) is 3.58. The number of benzene rings is 2. The number of hydrogen-bond acceptors (Lipinski definition) is 4. The summed E-state index contributed by atoms with van der Waals surface area (Å²) in [6.07, 6.45) is 0. The maximum Gasteiger partial charge on any atom is 0.255 e. The fraction of sp³-hybridized carbons (Fsp3) is 0.278. The summed E-state index contributed by atoms with van der Waals surface area (Å²) in [7, 11) is 5.10. The average molecular weight is 314 g/mol. The van der Waals surface area contributed by atoms with Gasteiger partial charge in [0.1, 0.15) is 11.5 Å². The quantitative estimate of drug-likeness (QED) is 0.853. The Labute approximate surface area is 136 Å². The predicted molar refractivity (Wildman–Crippen MR) is 91.6 cm³/mol. The Balaban J connectivity index is 1.94. The highest BCUT2D eigenvalue weighted by Crippen LogP contribution is 2.23. The molecule has 122 valence electrons. The van der Waals surface area contributed by atoms with Gasteiger partial charge in [0.05, 0.1) is 19.8 Å². The Morgan fingerprint density at radius 1 is 1.09 bits per heavy atom. The smallest absolute Gasteiger partial charge is 0.255 e. The number of carbonyl (C=O) groups is 1. The maximum absolute atomic E-state index is 12.3. The van der Waals surface area contributed by atoms with Gasteiger partial charge in [-0.25, -0.2) is 0 Å². The van der Waals surface area contributed by atoms with E-state index in [-0.39, 0.29) is 5.91 Å². The van der Waals surface area contributed by atoms with Crippen molar-refractivity contribution in [2.45, 2.75) is 0 Å². The molecule has 0 heterocycles. The SMILES string of the molecule is COc1ccc(OC)c(C(=O)NCCN(C)c2ccccc2)c1. The number of anilines is 1. The van der Waals surface area contributed by atoms with Crippen molar-refractivity contribution in [1.82, 2.24) is 5.32 Å². The van der Waals surface area contributed by atoms with E-state index in [4.69, 9.17) is 9.47 Å². The molecular weight excluding hydrogens is 292 g/mol. The lowest BCUT2D eigenvalue weighted by Crippen LogP contribution is -2.33. The number of para-hydroxylation sites is 1. The first-order valence-electron chi connectivity index (χ1n) is 7.42. The van der Waals surface area contributed by atoms with E-state index in [1.165, 1.54) is 0 Å². The number of nitrogens with one attached hydrogen (secondary N) is 1. The standard InChI is InChI=1S/C18H22N2O3/c1-20(14-7-5-4-6-8-14)12-11-19-18(21)16-13-15(22-2)9-10-17(16)23-3/h4-10,13H,11-12H2,1-3H3,(H,19,21). The summed E-state index contributed by atoms with van der Waals surface area (Å²) in [5.41, 5.74) is 1.58. The normalized spacial score (nSPS) is 10.0. The minimum atomic E-state index is -0.179. The number of likely N-dealkylation sites (N-methyl/N-ethyl adjacent to an activating group) is 1. The summed E-state index contributed by atoms with van der Waals surface area (Å²) in [6, 6.07) is 15.2. The number of ether oxygens (including phenoxy) is 2. The molecule has 0 atom stereocenters. The van der Waals surface area contributed by atoms with Gasteiger partial charge in [-0.15, -0.1) is 0 Å². The summed E-state index contributed by atoms with van der Waals surface area (Å²) in [5, 5.41) is 2.91. The van der Waals surface area contributed by atoms with Crippen molar-refractivity contribution < 1.29 is 14.3 Å². The summed E-state index contributed by atoms with van der Waals surface area (Å²) >= 11 is 0.